The van der Waals surface area contributed by atoms with Crippen molar-refractivity contribution in [1.29, 1.82) is 0 Å². The zero-order valence-electron chi connectivity index (χ0n) is 13.2. The molecule has 0 aliphatic carbocycles. The number of carbonyl (C=O) groups excluding carboxylic acids is 3. The van der Waals surface area contributed by atoms with Gasteiger partial charge in [0.2, 0.25) is 11.8 Å². The molecule has 3 amide bonds. The third-order valence-corrected chi connectivity index (χ3v) is 5.15. The van der Waals surface area contributed by atoms with Gasteiger partial charge in [0.1, 0.15) is 17.9 Å². The number of hydrogen-bond donors (Lipinski definition) is 0. The number of fused-ring (bicyclic) bond motifs is 2. The molecular formula is C17H18FN3O3. The topological polar surface area (TPSA) is 60.9 Å². The predicted octanol–water partition coefficient (Wildman–Crippen LogP) is 0.483. The van der Waals surface area contributed by atoms with Crippen molar-refractivity contribution in [2.24, 2.45) is 0 Å². The van der Waals surface area contributed by atoms with Crippen LogP contribution in [0.25, 0.3) is 0 Å². The monoisotopic (exact) mass is 331 g/mol. The highest BCUT2D eigenvalue weighted by molar-refractivity contribution is 5.99. The maximum atomic E-state index is 13.0. The minimum atomic E-state index is -0.593. The molecule has 0 saturated carbocycles. The molecule has 126 valence electrons. The van der Waals surface area contributed by atoms with Gasteiger partial charge in [0.25, 0.3) is 5.91 Å². The number of piperazine rings is 2. The highest BCUT2D eigenvalue weighted by Gasteiger charge is 2.49. The van der Waals surface area contributed by atoms with Gasteiger partial charge in [0, 0.05) is 25.2 Å². The molecule has 0 spiro atoms. The van der Waals surface area contributed by atoms with Gasteiger partial charge in [0.05, 0.1) is 6.54 Å². The summed E-state index contributed by atoms with van der Waals surface area (Å²) < 4.78 is 13.0. The van der Waals surface area contributed by atoms with Gasteiger partial charge in [-0.15, -0.1) is 0 Å². The Hall–Kier alpha value is -2.44. The van der Waals surface area contributed by atoms with Crippen molar-refractivity contribution in [1.82, 2.24) is 14.7 Å². The van der Waals surface area contributed by atoms with E-state index in [1.54, 1.807) is 14.7 Å². The van der Waals surface area contributed by atoms with E-state index in [1.807, 2.05) is 0 Å². The van der Waals surface area contributed by atoms with E-state index in [4.69, 9.17) is 0 Å². The number of rotatable bonds is 1. The van der Waals surface area contributed by atoms with E-state index in [0.717, 1.165) is 12.8 Å². The Labute approximate surface area is 138 Å². The zero-order chi connectivity index (χ0) is 16.8. The van der Waals surface area contributed by atoms with Crippen LogP contribution in [0.2, 0.25) is 0 Å². The maximum Gasteiger partial charge on any atom is 0.254 e. The maximum absolute atomic E-state index is 13.0. The van der Waals surface area contributed by atoms with E-state index in [0.29, 0.717) is 25.2 Å². The standard InChI is InChI=1S/C17H18FN3O3/c18-12-5-3-11(4-6-12)15(22)19-8-9-21-14(10-19)17(24)20-7-1-2-13(20)16(21)23/h3-6,13-14H,1-2,7-10H2/t13-,14-/m1/s1. The summed E-state index contributed by atoms with van der Waals surface area (Å²) in [6.45, 7) is 1.57. The summed E-state index contributed by atoms with van der Waals surface area (Å²) >= 11 is 0. The SMILES string of the molecule is O=C(c1ccc(F)cc1)N1CCN2C(=O)[C@H]3CCCN3C(=O)[C@H]2C1. The van der Waals surface area contributed by atoms with Crippen molar-refractivity contribution in [2.75, 3.05) is 26.2 Å². The molecule has 4 rings (SSSR count). The highest BCUT2D eigenvalue weighted by atomic mass is 19.1. The number of nitrogens with zero attached hydrogens (tertiary/aromatic N) is 3. The molecule has 0 unspecified atom stereocenters. The van der Waals surface area contributed by atoms with Gasteiger partial charge in [-0.3, -0.25) is 14.4 Å². The molecule has 24 heavy (non-hydrogen) atoms. The van der Waals surface area contributed by atoms with Gasteiger partial charge in [-0.2, -0.15) is 0 Å². The molecule has 0 aromatic heterocycles. The zero-order valence-corrected chi connectivity index (χ0v) is 13.2. The minimum absolute atomic E-state index is 0.00554. The first kappa shape index (κ1) is 15.1. The van der Waals surface area contributed by atoms with Crippen LogP contribution in [0.4, 0.5) is 4.39 Å². The number of benzene rings is 1. The molecule has 3 saturated heterocycles. The number of hydrogen-bond acceptors (Lipinski definition) is 3. The summed E-state index contributed by atoms with van der Waals surface area (Å²) in [4.78, 5) is 42.7. The molecule has 3 aliphatic rings. The molecule has 0 bridgehead atoms. The Bertz CT molecular complexity index is 706. The molecule has 1 aromatic carbocycles. The molecule has 3 heterocycles. The van der Waals surface area contributed by atoms with Gasteiger partial charge >= 0.3 is 0 Å². The molecule has 2 atom stereocenters. The Morgan fingerprint density at radius 3 is 2.38 bits per heavy atom. The van der Waals surface area contributed by atoms with Gasteiger partial charge in [0.15, 0.2) is 0 Å². The lowest BCUT2D eigenvalue weighted by molar-refractivity contribution is -0.162. The van der Waals surface area contributed by atoms with Crippen LogP contribution in [0.3, 0.4) is 0 Å². The lowest BCUT2D eigenvalue weighted by Gasteiger charge is -2.47. The average molecular weight is 331 g/mol. The number of carbonyl (C=O) groups is 3. The fraction of sp³-hybridized carbons (Fsp3) is 0.471. The summed E-state index contributed by atoms with van der Waals surface area (Å²) in [5, 5.41) is 0. The van der Waals surface area contributed by atoms with Gasteiger partial charge < -0.3 is 14.7 Å². The molecule has 3 fully saturated rings. The lowest BCUT2D eigenvalue weighted by atomic mass is 10.0. The fourth-order valence-corrected chi connectivity index (χ4v) is 3.89. The summed E-state index contributed by atoms with van der Waals surface area (Å²) in [5.74, 6) is -0.692. The van der Waals surface area contributed by atoms with Crippen molar-refractivity contribution < 1.29 is 18.8 Å². The van der Waals surface area contributed by atoms with Crippen molar-refractivity contribution in [2.45, 2.75) is 24.9 Å². The van der Waals surface area contributed by atoms with E-state index >= 15 is 0 Å². The highest BCUT2D eigenvalue weighted by Crippen LogP contribution is 2.29. The smallest absolute Gasteiger partial charge is 0.254 e. The van der Waals surface area contributed by atoms with Crippen molar-refractivity contribution in [3.8, 4) is 0 Å². The normalized spacial score (nSPS) is 26.5. The first-order valence-corrected chi connectivity index (χ1v) is 8.22. The molecule has 0 N–H and O–H groups in total. The largest absolute Gasteiger partial charge is 0.334 e. The van der Waals surface area contributed by atoms with E-state index in [1.165, 1.54) is 24.3 Å². The van der Waals surface area contributed by atoms with Crippen LogP contribution in [-0.4, -0.2) is 70.7 Å². The Kier molecular flexibility index (Phi) is 3.51. The third-order valence-electron chi connectivity index (χ3n) is 5.15. The summed E-state index contributed by atoms with van der Waals surface area (Å²) in [5.41, 5.74) is 0.387. The molecule has 3 aliphatic heterocycles. The minimum Gasteiger partial charge on any atom is -0.334 e. The second-order valence-electron chi connectivity index (χ2n) is 6.50. The van der Waals surface area contributed by atoms with Crippen molar-refractivity contribution >= 4 is 17.7 Å². The van der Waals surface area contributed by atoms with Crippen LogP contribution in [0, 0.1) is 5.82 Å². The van der Waals surface area contributed by atoms with Gasteiger partial charge in [-0.25, -0.2) is 4.39 Å². The quantitative estimate of drug-likeness (QED) is 0.752. The van der Waals surface area contributed by atoms with Crippen LogP contribution >= 0.6 is 0 Å². The Morgan fingerprint density at radius 2 is 1.62 bits per heavy atom. The number of amides is 3. The Balaban J connectivity index is 1.54. The fourth-order valence-electron chi connectivity index (χ4n) is 3.89. The van der Waals surface area contributed by atoms with Crippen LogP contribution in [0.5, 0.6) is 0 Å². The number of halogens is 1. The van der Waals surface area contributed by atoms with E-state index in [2.05, 4.69) is 0 Å². The van der Waals surface area contributed by atoms with E-state index in [-0.39, 0.29) is 30.3 Å². The Morgan fingerprint density at radius 1 is 0.958 bits per heavy atom. The van der Waals surface area contributed by atoms with Crippen molar-refractivity contribution in [3.05, 3.63) is 35.6 Å². The molecular weight excluding hydrogens is 313 g/mol. The molecule has 6 nitrogen and oxygen atoms in total. The van der Waals surface area contributed by atoms with Crippen molar-refractivity contribution in [3.63, 3.8) is 0 Å². The van der Waals surface area contributed by atoms with E-state index < -0.39 is 11.9 Å². The van der Waals surface area contributed by atoms with Crippen LogP contribution < -0.4 is 0 Å². The van der Waals surface area contributed by atoms with E-state index in [9.17, 15) is 18.8 Å². The molecule has 0 radical (unpaired) electrons. The first-order chi connectivity index (χ1) is 11.6. The second-order valence-corrected chi connectivity index (χ2v) is 6.50. The molecule has 1 aromatic rings. The lowest BCUT2D eigenvalue weighted by Crippen LogP contribution is -2.69. The summed E-state index contributed by atoms with van der Waals surface area (Å²) in [7, 11) is 0. The summed E-state index contributed by atoms with van der Waals surface area (Å²) in [6, 6.07) is 4.46. The molecule has 7 heteroatoms. The van der Waals surface area contributed by atoms with Crippen LogP contribution in [0.1, 0.15) is 23.2 Å². The predicted molar refractivity (Wildman–Crippen MR) is 82.5 cm³/mol. The van der Waals surface area contributed by atoms with Gasteiger partial charge in [-0.05, 0) is 37.1 Å². The second kappa shape index (κ2) is 5.58. The van der Waals surface area contributed by atoms with Crippen LogP contribution in [0.15, 0.2) is 24.3 Å². The van der Waals surface area contributed by atoms with Gasteiger partial charge in [-0.1, -0.05) is 0 Å². The third kappa shape index (κ3) is 2.26. The average Bonchev–Trinajstić information content (AvgIpc) is 3.09. The van der Waals surface area contributed by atoms with Crippen LogP contribution in [-0.2, 0) is 9.59 Å². The summed E-state index contributed by atoms with van der Waals surface area (Å²) in [6.07, 6.45) is 1.58. The first-order valence-electron chi connectivity index (χ1n) is 8.22.